The lowest BCUT2D eigenvalue weighted by molar-refractivity contribution is -0.114. The van der Waals surface area contributed by atoms with Crippen molar-refractivity contribution < 1.29 is 9.90 Å². The number of rotatable bonds is 5. The number of aliphatic hydroxyl groups excluding tert-OH is 1. The number of carbonyl (C=O) groups excluding carboxylic acids is 1. The molecule has 1 fully saturated rings. The number of hydrogen-bond donors (Lipinski definition) is 3. The van der Waals surface area contributed by atoms with Gasteiger partial charge >= 0.3 is 0 Å². The summed E-state index contributed by atoms with van der Waals surface area (Å²) < 4.78 is 0. The number of halogens is 2. The first-order valence-corrected chi connectivity index (χ1v) is 10.1. The summed E-state index contributed by atoms with van der Waals surface area (Å²) in [7, 11) is 0. The fourth-order valence-electron chi connectivity index (χ4n) is 3.35. The van der Waals surface area contributed by atoms with Crippen molar-refractivity contribution in [2.24, 2.45) is 0 Å². The number of pyridine rings is 1. The average Bonchev–Trinajstić information content (AvgIpc) is 3.16. The molecule has 1 saturated heterocycles. The molecule has 1 aromatic heterocycles. The fraction of sp³-hybridized carbons (Fsp3) is 0.238. The molecule has 4 rings (SSSR count). The lowest BCUT2D eigenvalue weighted by atomic mass is 10.1. The molecule has 6 nitrogen and oxygen atoms in total. The van der Waals surface area contributed by atoms with Crippen LogP contribution >= 0.6 is 23.2 Å². The summed E-state index contributed by atoms with van der Waals surface area (Å²) in [4.78, 5) is 19.2. The molecule has 3 aromatic rings. The second-order valence-electron chi connectivity index (χ2n) is 6.96. The van der Waals surface area contributed by atoms with Crippen LogP contribution in [0.2, 0.25) is 10.0 Å². The largest absolute Gasteiger partial charge is 0.391 e. The summed E-state index contributed by atoms with van der Waals surface area (Å²) in [5.74, 6) is 0.583. The van der Waals surface area contributed by atoms with Crippen molar-refractivity contribution in [3.63, 3.8) is 0 Å². The number of β-amino-alcohol motifs (C(OH)–C–C–N with tert-alkyl or cyclic N) is 1. The van der Waals surface area contributed by atoms with Crippen molar-refractivity contribution in [3.8, 4) is 0 Å². The molecule has 0 radical (unpaired) electrons. The maximum atomic E-state index is 12.4. The highest BCUT2D eigenvalue weighted by atomic mass is 35.5. The maximum absolute atomic E-state index is 12.4. The van der Waals surface area contributed by atoms with E-state index in [9.17, 15) is 9.90 Å². The van der Waals surface area contributed by atoms with Gasteiger partial charge in [-0.25, -0.2) is 4.98 Å². The van der Waals surface area contributed by atoms with Crippen molar-refractivity contribution in [2.45, 2.75) is 12.5 Å². The third-order valence-corrected chi connectivity index (χ3v) is 5.42. The van der Waals surface area contributed by atoms with Gasteiger partial charge in [0.15, 0.2) is 0 Å². The number of hydrogen-bond acceptors (Lipinski definition) is 5. The number of aliphatic hydroxyl groups is 1. The summed E-state index contributed by atoms with van der Waals surface area (Å²) in [6.07, 6.45) is 0.420. The summed E-state index contributed by atoms with van der Waals surface area (Å²) in [6.45, 7) is 1.44. The number of amides is 1. The number of nitrogens with zero attached hydrogens (tertiary/aromatic N) is 2. The molecule has 0 aliphatic carbocycles. The van der Waals surface area contributed by atoms with Gasteiger partial charge < -0.3 is 20.6 Å². The van der Waals surface area contributed by atoms with Crippen LogP contribution in [0.5, 0.6) is 0 Å². The van der Waals surface area contributed by atoms with Crippen LogP contribution < -0.4 is 15.5 Å². The van der Waals surface area contributed by atoms with E-state index in [1.807, 2.05) is 23.1 Å². The molecule has 3 N–H and O–H groups in total. The van der Waals surface area contributed by atoms with E-state index < -0.39 is 0 Å². The van der Waals surface area contributed by atoms with Crippen LogP contribution in [0.4, 0.5) is 17.2 Å². The monoisotopic (exact) mass is 430 g/mol. The van der Waals surface area contributed by atoms with E-state index in [0.29, 0.717) is 22.3 Å². The van der Waals surface area contributed by atoms with Crippen LogP contribution in [-0.4, -0.2) is 41.7 Å². The van der Waals surface area contributed by atoms with E-state index in [-0.39, 0.29) is 18.6 Å². The summed E-state index contributed by atoms with van der Waals surface area (Å²) >= 11 is 12.2. The molecule has 2 aromatic carbocycles. The van der Waals surface area contributed by atoms with E-state index in [2.05, 4.69) is 15.6 Å². The molecule has 0 unspecified atom stereocenters. The number of benzene rings is 2. The van der Waals surface area contributed by atoms with Gasteiger partial charge in [-0.2, -0.15) is 0 Å². The molecule has 1 amide bonds. The molecule has 29 heavy (non-hydrogen) atoms. The molecule has 8 heteroatoms. The third kappa shape index (κ3) is 4.56. The second kappa shape index (κ2) is 8.45. The zero-order valence-electron chi connectivity index (χ0n) is 15.5. The number of fused-ring (bicyclic) bond motifs is 1. The Kier molecular flexibility index (Phi) is 5.76. The SMILES string of the molecule is O=C(CNc1ccc(Cl)cc1)Nc1c(Cl)ccc2nc(N3CC[C@@H](O)C3)ccc12. The van der Waals surface area contributed by atoms with Gasteiger partial charge in [0, 0.05) is 29.2 Å². The third-order valence-electron chi connectivity index (χ3n) is 4.85. The topological polar surface area (TPSA) is 77.5 Å². The average molecular weight is 431 g/mol. The number of aromatic nitrogens is 1. The van der Waals surface area contributed by atoms with Crippen molar-refractivity contribution in [1.82, 2.24) is 4.98 Å². The van der Waals surface area contributed by atoms with Crippen LogP contribution in [0.1, 0.15) is 6.42 Å². The van der Waals surface area contributed by atoms with Gasteiger partial charge in [-0.3, -0.25) is 4.79 Å². The van der Waals surface area contributed by atoms with E-state index in [1.165, 1.54) is 0 Å². The second-order valence-corrected chi connectivity index (χ2v) is 7.80. The minimum atomic E-state index is -0.319. The summed E-state index contributed by atoms with van der Waals surface area (Å²) in [5.41, 5.74) is 2.06. The standard InChI is InChI=1S/C21H20Cl2N4O2/c22-13-1-3-14(4-2-13)24-11-20(29)26-21-16-5-8-19(27-10-9-15(28)12-27)25-18(16)7-6-17(21)23/h1-8,15,24,28H,9-12H2,(H,26,29)/t15-/m1/s1. The van der Waals surface area contributed by atoms with Gasteiger partial charge in [-0.05, 0) is 55.0 Å². The van der Waals surface area contributed by atoms with Crippen molar-refractivity contribution in [2.75, 3.05) is 35.2 Å². The number of carbonyl (C=O) groups is 1. The maximum Gasteiger partial charge on any atom is 0.243 e. The Morgan fingerprint density at radius 1 is 1.14 bits per heavy atom. The molecule has 150 valence electrons. The Balaban J connectivity index is 1.50. The minimum absolute atomic E-state index is 0.0888. The lowest BCUT2D eigenvalue weighted by Crippen LogP contribution is -2.23. The van der Waals surface area contributed by atoms with E-state index in [0.717, 1.165) is 35.4 Å². The first-order valence-electron chi connectivity index (χ1n) is 9.31. The van der Waals surface area contributed by atoms with Crippen LogP contribution in [0.25, 0.3) is 10.9 Å². The van der Waals surface area contributed by atoms with Crippen molar-refractivity contribution >= 4 is 57.2 Å². The molecular weight excluding hydrogens is 411 g/mol. The predicted molar refractivity (Wildman–Crippen MR) is 118 cm³/mol. The van der Waals surface area contributed by atoms with Crippen molar-refractivity contribution in [3.05, 3.63) is 58.6 Å². The molecule has 1 aliphatic heterocycles. The van der Waals surface area contributed by atoms with Gasteiger partial charge in [0.05, 0.1) is 28.9 Å². The van der Waals surface area contributed by atoms with E-state index in [1.54, 1.807) is 30.3 Å². The summed E-state index contributed by atoms with van der Waals surface area (Å²) in [6, 6.07) is 14.5. The highest BCUT2D eigenvalue weighted by molar-refractivity contribution is 6.35. The first-order chi connectivity index (χ1) is 14.0. The first kappa shape index (κ1) is 19.8. The van der Waals surface area contributed by atoms with Gasteiger partial charge in [0.25, 0.3) is 0 Å². The Bertz CT molecular complexity index is 1040. The van der Waals surface area contributed by atoms with E-state index >= 15 is 0 Å². The highest BCUT2D eigenvalue weighted by Crippen LogP contribution is 2.32. The Hall–Kier alpha value is -2.54. The highest BCUT2D eigenvalue weighted by Gasteiger charge is 2.22. The predicted octanol–water partition coefficient (Wildman–Crippen LogP) is 4.16. The molecule has 0 bridgehead atoms. The van der Waals surface area contributed by atoms with Gasteiger partial charge in [0.2, 0.25) is 5.91 Å². The van der Waals surface area contributed by atoms with Gasteiger partial charge in [-0.15, -0.1) is 0 Å². The molecule has 0 spiro atoms. The quantitative estimate of drug-likeness (QED) is 0.566. The number of nitrogens with one attached hydrogen (secondary N) is 2. The van der Waals surface area contributed by atoms with Crippen molar-refractivity contribution in [1.29, 1.82) is 0 Å². The minimum Gasteiger partial charge on any atom is -0.391 e. The molecular formula is C21H20Cl2N4O2. The van der Waals surface area contributed by atoms with Crippen LogP contribution in [-0.2, 0) is 4.79 Å². The zero-order chi connectivity index (χ0) is 20.4. The molecule has 1 aliphatic rings. The zero-order valence-corrected chi connectivity index (χ0v) is 17.0. The molecule has 1 atom stereocenters. The van der Waals surface area contributed by atoms with Gasteiger partial charge in [0.1, 0.15) is 5.82 Å². The lowest BCUT2D eigenvalue weighted by Gasteiger charge is -2.18. The van der Waals surface area contributed by atoms with E-state index in [4.69, 9.17) is 23.2 Å². The van der Waals surface area contributed by atoms with Crippen LogP contribution in [0.15, 0.2) is 48.5 Å². The fourth-order valence-corrected chi connectivity index (χ4v) is 3.69. The van der Waals surface area contributed by atoms with Crippen LogP contribution in [0, 0.1) is 0 Å². The normalized spacial score (nSPS) is 16.2. The van der Waals surface area contributed by atoms with Gasteiger partial charge in [-0.1, -0.05) is 23.2 Å². The Morgan fingerprint density at radius 3 is 2.66 bits per heavy atom. The van der Waals surface area contributed by atoms with Crippen LogP contribution in [0.3, 0.4) is 0 Å². The summed E-state index contributed by atoms with van der Waals surface area (Å²) in [5, 5.41) is 17.5. The Morgan fingerprint density at radius 2 is 1.93 bits per heavy atom. The Labute approximate surface area is 178 Å². The molecule has 0 saturated carbocycles. The number of anilines is 3. The molecule has 2 heterocycles. The smallest absolute Gasteiger partial charge is 0.243 e.